The molecule has 0 atom stereocenters. The molecule has 0 amide bonds. The number of hydrogen-bond donors (Lipinski definition) is 0. The number of nitrogens with zero attached hydrogens (tertiary/aromatic N) is 1. The Hall–Kier alpha value is -3.51. The zero-order valence-electron chi connectivity index (χ0n) is 14.6. The molecule has 0 heterocycles. The molecule has 0 saturated heterocycles. The van der Waals surface area contributed by atoms with Gasteiger partial charge >= 0.3 is 0 Å². The summed E-state index contributed by atoms with van der Waals surface area (Å²) in [5.41, 5.74) is 2.82. The summed E-state index contributed by atoms with van der Waals surface area (Å²) in [4.78, 5) is 0. The highest BCUT2D eigenvalue weighted by Crippen LogP contribution is 2.37. The lowest BCUT2D eigenvalue weighted by Crippen LogP contribution is -1.88. The van der Waals surface area contributed by atoms with Crippen LogP contribution in [0.2, 0.25) is 0 Å². The summed E-state index contributed by atoms with van der Waals surface area (Å²) in [5, 5.41) is 13.8. The van der Waals surface area contributed by atoms with E-state index in [2.05, 4.69) is 18.2 Å². The van der Waals surface area contributed by atoms with Crippen molar-refractivity contribution in [1.82, 2.24) is 0 Å². The molecule has 0 aromatic heterocycles. The molecule has 126 valence electrons. The Morgan fingerprint density at radius 2 is 1.38 bits per heavy atom. The van der Waals surface area contributed by atoms with Gasteiger partial charge in [0, 0.05) is 0 Å². The van der Waals surface area contributed by atoms with Crippen LogP contribution in [-0.2, 0) is 0 Å². The van der Waals surface area contributed by atoms with Gasteiger partial charge in [0.05, 0.1) is 25.9 Å². The second-order valence-corrected chi connectivity index (χ2v) is 6.11. The second kappa shape index (κ2) is 6.42. The van der Waals surface area contributed by atoms with E-state index >= 15 is 0 Å². The van der Waals surface area contributed by atoms with Gasteiger partial charge in [-0.05, 0) is 75.1 Å². The van der Waals surface area contributed by atoms with E-state index in [-0.39, 0.29) is 0 Å². The molecule has 4 aromatic carbocycles. The highest BCUT2D eigenvalue weighted by atomic mass is 16.5. The van der Waals surface area contributed by atoms with Gasteiger partial charge in [-0.2, -0.15) is 5.26 Å². The minimum atomic E-state index is 0.653. The van der Waals surface area contributed by atoms with Crippen LogP contribution in [0, 0.1) is 11.3 Å². The van der Waals surface area contributed by atoms with Gasteiger partial charge in [0.25, 0.3) is 0 Å². The number of rotatable bonds is 3. The van der Waals surface area contributed by atoms with Crippen molar-refractivity contribution in [2.75, 3.05) is 14.2 Å². The van der Waals surface area contributed by atoms with Crippen LogP contribution in [0.4, 0.5) is 0 Å². The molecule has 0 radical (unpaired) electrons. The smallest absolute Gasteiger partial charge is 0.119 e. The Balaban J connectivity index is 2.08. The molecule has 4 aromatic rings. The monoisotopic (exact) mass is 339 g/mol. The number of fused-ring (bicyclic) bond motifs is 3. The van der Waals surface area contributed by atoms with Crippen LogP contribution in [0.1, 0.15) is 5.56 Å². The second-order valence-electron chi connectivity index (χ2n) is 6.11. The van der Waals surface area contributed by atoms with Crippen LogP contribution in [0.15, 0.2) is 66.7 Å². The molecule has 0 aliphatic heterocycles. The third kappa shape index (κ3) is 2.62. The standard InChI is InChI=1S/C23H17NO2/c1-25-18-6-4-16(5-7-18)22-13-17-12-19(26-2)8-10-20(17)21-9-3-15(14-24)11-23(21)22/h3-13H,1-2H3. The minimum absolute atomic E-state index is 0.653. The first kappa shape index (κ1) is 16.0. The molecule has 4 rings (SSSR count). The van der Waals surface area contributed by atoms with E-state index in [0.717, 1.165) is 44.2 Å². The van der Waals surface area contributed by atoms with Gasteiger partial charge in [-0.3, -0.25) is 0 Å². The van der Waals surface area contributed by atoms with Gasteiger partial charge in [0.1, 0.15) is 11.5 Å². The summed E-state index contributed by atoms with van der Waals surface area (Å²) in [6.45, 7) is 0. The number of benzene rings is 4. The van der Waals surface area contributed by atoms with Gasteiger partial charge in [-0.25, -0.2) is 0 Å². The van der Waals surface area contributed by atoms with Gasteiger partial charge in [0.15, 0.2) is 0 Å². The maximum absolute atomic E-state index is 9.33. The largest absolute Gasteiger partial charge is 0.497 e. The molecule has 0 spiro atoms. The summed E-state index contributed by atoms with van der Waals surface area (Å²) >= 11 is 0. The fourth-order valence-corrected chi connectivity index (χ4v) is 3.35. The number of hydrogen-bond acceptors (Lipinski definition) is 3. The minimum Gasteiger partial charge on any atom is -0.497 e. The molecule has 0 saturated carbocycles. The number of methoxy groups -OCH3 is 2. The van der Waals surface area contributed by atoms with Crippen molar-refractivity contribution < 1.29 is 9.47 Å². The lowest BCUT2D eigenvalue weighted by Gasteiger charge is -2.13. The molecule has 0 unspecified atom stereocenters. The Bertz CT molecular complexity index is 1150. The molecule has 3 heteroatoms. The third-order valence-corrected chi connectivity index (χ3v) is 4.69. The molecule has 0 aliphatic rings. The average Bonchev–Trinajstić information content (AvgIpc) is 2.72. The Morgan fingerprint density at radius 1 is 0.692 bits per heavy atom. The van der Waals surface area contributed by atoms with Gasteiger partial charge in [-0.15, -0.1) is 0 Å². The van der Waals surface area contributed by atoms with Crippen LogP contribution >= 0.6 is 0 Å². The SMILES string of the molecule is COc1ccc(-c2cc3cc(OC)ccc3c3ccc(C#N)cc23)cc1. The highest BCUT2D eigenvalue weighted by Gasteiger charge is 2.10. The van der Waals surface area contributed by atoms with Gasteiger partial charge < -0.3 is 9.47 Å². The summed E-state index contributed by atoms with van der Waals surface area (Å²) in [7, 11) is 3.33. The van der Waals surface area contributed by atoms with E-state index in [1.54, 1.807) is 14.2 Å². The molecule has 0 aliphatic carbocycles. The van der Waals surface area contributed by atoms with E-state index in [0.29, 0.717) is 5.56 Å². The molecule has 3 nitrogen and oxygen atoms in total. The number of ether oxygens (including phenoxy) is 2. The molecular formula is C23H17NO2. The van der Waals surface area contributed by atoms with Crippen LogP contribution in [0.25, 0.3) is 32.7 Å². The van der Waals surface area contributed by atoms with E-state index < -0.39 is 0 Å². The highest BCUT2D eigenvalue weighted by molar-refractivity contribution is 6.14. The zero-order chi connectivity index (χ0) is 18.1. The quantitative estimate of drug-likeness (QED) is 0.460. The summed E-state index contributed by atoms with van der Waals surface area (Å²) < 4.78 is 10.7. The molecule has 0 bridgehead atoms. The van der Waals surface area contributed by atoms with Crippen molar-refractivity contribution in [3.63, 3.8) is 0 Å². The Labute approximate surface area is 152 Å². The summed E-state index contributed by atoms with van der Waals surface area (Å²) in [6, 6.07) is 24.3. The van der Waals surface area contributed by atoms with Crippen molar-refractivity contribution in [3.05, 3.63) is 72.3 Å². The summed E-state index contributed by atoms with van der Waals surface area (Å²) in [5.74, 6) is 1.64. The lowest BCUT2D eigenvalue weighted by atomic mass is 9.92. The topological polar surface area (TPSA) is 42.2 Å². The van der Waals surface area contributed by atoms with Crippen molar-refractivity contribution in [2.45, 2.75) is 0 Å². The lowest BCUT2D eigenvalue weighted by molar-refractivity contribution is 0.415. The van der Waals surface area contributed by atoms with Crippen LogP contribution in [0.5, 0.6) is 11.5 Å². The predicted octanol–water partition coefficient (Wildman–Crippen LogP) is 5.55. The van der Waals surface area contributed by atoms with Crippen LogP contribution < -0.4 is 9.47 Å². The van der Waals surface area contributed by atoms with Gasteiger partial charge in [-0.1, -0.05) is 24.3 Å². The number of nitriles is 1. The van der Waals surface area contributed by atoms with Crippen molar-refractivity contribution in [2.24, 2.45) is 0 Å². The van der Waals surface area contributed by atoms with E-state index in [1.165, 1.54) is 0 Å². The molecule has 0 N–H and O–H groups in total. The van der Waals surface area contributed by atoms with Crippen molar-refractivity contribution in [3.8, 4) is 28.7 Å². The predicted molar refractivity (Wildman–Crippen MR) is 105 cm³/mol. The van der Waals surface area contributed by atoms with E-state index in [9.17, 15) is 5.26 Å². The van der Waals surface area contributed by atoms with Crippen molar-refractivity contribution in [1.29, 1.82) is 5.26 Å². The van der Waals surface area contributed by atoms with Crippen LogP contribution in [-0.4, -0.2) is 14.2 Å². The first-order valence-corrected chi connectivity index (χ1v) is 8.32. The fraction of sp³-hybridized carbons (Fsp3) is 0.0870. The van der Waals surface area contributed by atoms with E-state index in [1.807, 2.05) is 54.6 Å². The first-order valence-electron chi connectivity index (χ1n) is 8.32. The Kier molecular flexibility index (Phi) is 3.95. The molecule has 0 fully saturated rings. The zero-order valence-corrected chi connectivity index (χ0v) is 14.6. The maximum Gasteiger partial charge on any atom is 0.119 e. The van der Waals surface area contributed by atoms with Crippen molar-refractivity contribution >= 4 is 21.5 Å². The van der Waals surface area contributed by atoms with Crippen LogP contribution in [0.3, 0.4) is 0 Å². The van der Waals surface area contributed by atoms with E-state index in [4.69, 9.17) is 9.47 Å². The maximum atomic E-state index is 9.33. The molecular weight excluding hydrogens is 322 g/mol. The Morgan fingerprint density at radius 3 is 2.08 bits per heavy atom. The van der Waals surface area contributed by atoms with Gasteiger partial charge in [0.2, 0.25) is 0 Å². The molecule has 26 heavy (non-hydrogen) atoms. The fourth-order valence-electron chi connectivity index (χ4n) is 3.35. The third-order valence-electron chi connectivity index (χ3n) is 4.69. The first-order chi connectivity index (χ1) is 12.7. The average molecular weight is 339 g/mol. The summed E-state index contributed by atoms with van der Waals surface area (Å²) in [6.07, 6.45) is 0. The normalized spacial score (nSPS) is 10.7.